The maximum atomic E-state index is 11.7. The van der Waals surface area contributed by atoms with Crippen LogP contribution in [0.3, 0.4) is 0 Å². The lowest BCUT2D eigenvalue weighted by Gasteiger charge is -2.24. The summed E-state index contributed by atoms with van der Waals surface area (Å²) in [5.41, 5.74) is -0.0968. The standard InChI is InChI=1S/C10H19N3O2/c1-11(2)9(14)13-5-4-10(7-13)6-12(3)8-15-10/h4-8H2,1-3H3. The number of amides is 2. The van der Waals surface area contributed by atoms with Gasteiger partial charge in [-0.1, -0.05) is 0 Å². The van der Waals surface area contributed by atoms with E-state index in [1.165, 1.54) is 0 Å². The number of likely N-dealkylation sites (tertiary alicyclic amines) is 1. The first-order chi connectivity index (χ1) is 7.02. The van der Waals surface area contributed by atoms with E-state index in [2.05, 4.69) is 4.90 Å². The summed E-state index contributed by atoms with van der Waals surface area (Å²) >= 11 is 0. The Bertz CT molecular complexity index is 269. The predicted octanol–water partition coefficient (Wildman–Crippen LogP) is 0.0320. The highest BCUT2D eigenvalue weighted by atomic mass is 16.5. The largest absolute Gasteiger partial charge is 0.356 e. The fraction of sp³-hybridized carbons (Fsp3) is 0.900. The van der Waals surface area contributed by atoms with Gasteiger partial charge in [0.15, 0.2) is 0 Å². The highest BCUT2D eigenvalue weighted by Crippen LogP contribution is 2.30. The van der Waals surface area contributed by atoms with Crippen molar-refractivity contribution < 1.29 is 9.53 Å². The van der Waals surface area contributed by atoms with Gasteiger partial charge in [0, 0.05) is 27.2 Å². The predicted molar refractivity (Wildman–Crippen MR) is 56.6 cm³/mol. The molecule has 0 aromatic heterocycles. The molecule has 1 unspecified atom stereocenters. The van der Waals surface area contributed by atoms with Gasteiger partial charge >= 0.3 is 6.03 Å². The lowest BCUT2D eigenvalue weighted by Crippen LogP contribution is -2.42. The van der Waals surface area contributed by atoms with Gasteiger partial charge < -0.3 is 14.5 Å². The third-order valence-corrected chi connectivity index (χ3v) is 3.12. The quantitative estimate of drug-likeness (QED) is 0.569. The molecule has 86 valence electrons. The van der Waals surface area contributed by atoms with E-state index >= 15 is 0 Å². The van der Waals surface area contributed by atoms with E-state index in [1.54, 1.807) is 19.0 Å². The molecular formula is C10H19N3O2. The summed E-state index contributed by atoms with van der Waals surface area (Å²) in [5, 5.41) is 0. The summed E-state index contributed by atoms with van der Waals surface area (Å²) < 4.78 is 5.79. The first-order valence-electron chi connectivity index (χ1n) is 5.31. The Morgan fingerprint density at radius 3 is 2.67 bits per heavy atom. The Morgan fingerprint density at radius 2 is 2.13 bits per heavy atom. The van der Waals surface area contributed by atoms with E-state index in [9.17, 15) is 4.79 Å². The molecule has 15 heavy (non-hydrogen) atoms. The maximum Gasteiger partial charge on any atom is 0.319 e. The molecule has 2 amide bonds. The fourth-order valence-electron chi connectivity index (χ4n) is 2.37. The second-order valence-electron chi connectivity index (χ2n) is 4.82. The van der Waals surface area contributed by atoms with Crippen LogP contribution in [0.25, 0.3) is 0 Å². The minimum atomic E-state index is -0.0968. The number of carbonyl (C=O) groups excluding carboxylic acids is 1. The van der Waals surface area contributed by atoms with E-state index in [-0.39, 0.29) is 11.6 Å². The van der Waals surface area contributed by atoms with Crippen molar-refractivity contribution >= 4 is 6.03 Å². The molecule has 5 heteroatoms. The molecule has 2 heterocycles. The third kappa shape index (κ3) is 1.94. The summed E-state index contributed by atoms with van der Waals surface area (Å²) in [4.78, 5) is 17.4. The second kappa shape index (κ2) is 3.64. The van der Waals surface area contributed by atoms with Gasteiger partial charge in [0.05, 0.1) is 13.3 Å². The van der Waals surface area contributed by atoms with Gasteiger partial charge in [0.1, 0.15) is 5.60 Å². The SMILES string of the molecule is CN1COC2(CCN(C(=O)N(C)C)C2)C1. The summed E-state index contributed by atoms with van der Waals surface area (Å²) in [5.74, 6) is 0. The Morgan fingerprint density at radius 1 is 1.40 bits per heavy atom. The number of urea groups is 1. The number of rotatable bonds is 0. The molecule has 2 aliphatic heterocycles. The zero-order valence-electron chi connectivity index (χ0n) is 9.69. The smallest absolute Gasteiger partial charge is 0.319 e. The van der Waals surface area contributed by atoms with Crippen LogP contribution in [0.2, 0.25) is 0 Å². The topological polar surface area (TPSA) is 36.0 Å². The van der Waals surface area contributed by atoms with Gasteiger partial charge in [0.25, 0.3) is 0 Å². The summed E-state index contributed by atoms with van der Waals surface area (Å²) in [7, 11) is 5.62. The van der Waals surface area contributed by atoms with Crippen LogP contribution in [-0.4, -0.2) is 73.8 Å². The summed E-state index contributed by atoms with van der Waals surface area (Å²) in [6, 6.07) is 0.0880. The van der Waals surface area contributed by atoms with Crippen molar-refractivity contribution in [2.75, 3.05) is 47.5 Å². The molecule has 0 radical (unpaired) electrons. The number of nitrogens with zero attached hydrogens (tertiary/aromatic N) is 3. The molecule has 1 atom stereocenters. The van der Waals surface area contributed by atoms with Crippen molar-refractivity contribution in [3.63, 3.8) is 0 Å². The average Bonchev–Trinajstić information content (AvgIpc) is 2.74. The summed E-state index contributed by atoms with van der Waals surface area (Å²) in [6.07, 6.45) is 0.955. The van der Waals surface area contributed by atoms with Crippen molar-refractivity contribution in [1.82, 2.24) is 14.7 Å². The van der Waals surface area contributed by atoms with E-state index in [4.69, 9.17) is 4.74 Å². The van der Waals surface area contributed by atoms with Crippen LogP contribution in [0.4, 0.5) is 4.79 Å². The lowest BCUT2D eigenvalue weighted by atomic mass is 10.0. The van der Waals surface area contributed by atoms with E-state index in [0.29, 0.717) is 6.73 Å². The van der Waals surface area contributed by atoms with Gasteiger partial charge in [-0.3, -0.25) is 4.90 Å². The van der Waals surface area contributed by atoms with E-state index in [1.807, 2.05) is 11.9 Å². The Balaban J connectivity index is 1.98. The molecule has 2 saturated heterocycles. The number of ether oxygens (including phenoxy) is 1. The van der Waals surface area contributed by atoms with Crippen molar-refractivity contribution in [2.24, 2.45) is 0 Å². The number of hydrogen-bond donors (Lipinski definition) is 0. The molecule has 0 aromatic rings. The van der Waals surface area contributed by atoms with Crippen molar-refractivity contribution in [3.8, 4) is 0 Å². The van der Waals surface area contributed by atoms with Crippen LogP contribution in [0.5, 0.6) is 0 Å². The Kier molecular flexibility index (Phi) is 2.60. The molecule has 0 aliphatic carbocycles. The second-order valence-corrected chi connectivity index (χ2v) is 4.82. The van der Waals surface area contributed by atoms with Gasteiger partial charge in [-0.15, -0.1) is 0 Å². The Labute approximate surface area is 90.6 Å². The van der Waals surface area contributed by atoms with Crippen LogP contribution in [0.1, 0.15) is 6.42 Å². The van der Waals surface area contributed by atoms with E-state index < -0.39 is 0 Å². The van der Waals surface area contributed by atoms with Crippen molar-refractivity contribution in [2.45, 2.75) is 12.0 Å². The Hall–Kier alpha value is -0.810. The highest BCUT2D eigenvalue weighted by molar-refractivity contribution is 5.74. The average molecular weight is 213 g/mol. The van der Waals surface area contributed by atoms with Gasteiger partial charge in [-0.2, -0.15) is 0 Å². The zero-order chi connectivity index (χ0) is 11.1. The molecule has 2 rings (SSSR count). The van der Waals surface area contributed by atoms with Gasteiger partial charge in [0.2, 0.25) is 0 Å². The molecule has 1 spiro atoms. The zero-order valence-corrected chi connectivity index (χ0v) is 9.69. The normalized spacial score (nSPS) is 31.5. The molecule has 0 bridgehead atoms. The highest BCUT2D eigenvalue weighted by Gasteiger charge is 2.45. The monoisotopic (exact) mass is 213 g/mol. The molecular weight excluding hydrogens is 194 g/mol. The third-order valence-electron chi connectivity index (χ3n) is 3.12. The van der Waals surface area contributed by atoms with Crippen molar-refractivity contribution in [1.29, 1.82) is 0 Å². The summed E-state index contributed by atoms with van der Waals surface area (Å²) in [6.45, 7) is 3.16. The van der Waals surface area contributed by atoms with Crippen LogP contribution in [0.15, 0.2) is 0 Å². The molecule has 5 nitrogen and oxygen atoms in total. The van der Waals surface area contributed by atoms with E-state index in [0.717, 1.165) is 26.1 Å². The molecule has 0 N–H and O–H groups in total. The van der Waals surface area contributed by atoms with Crippen LogP contribution in [-0.2, 0) is 4.74 Å². The molecule has 0 saturated carbocycles. The van der Waals surface area contributed by atoms with Crippen LogP contribution >= 0.6 is 0 Å². The van der Waals surface area contributed by atoms with Gasteiger partial charge in [-0.05, 0) is 13.5 Å². The first-order valence-corrected chi connectivity index (χ1v) is 5.31. The number of likely N-dealkylation sites (N-methyl/N-ethyl adjacent to an activating group) is 1. The minimum absolute atomic E-state index is 0.0880. The minimum Gasteiger partial charge on any atom is -0.356 e. The van der Waals surface area contributed by atoms with Crippen LogP contribution in [0, 0.1) is 0 Å². The van der Waals surface area contributed by atoms with Gasteiger partial charge in [-0.25, -0.2) is 4.79 Å². The molecule has 0 aromatic carbocycles. The maximum absolute atomic E-state index is 11.7. The van der Waals surface area contributed by atoms with Crippen molar-refractivity contribution in [3.05, 3.63) is 0 Å². The van der Waals surface area contributed by atoms with Crippen LogP contribution < -0.4 is 0 Å². The molecule has 2 fully saturated rings. The number of hydrogen-bond acceptors (Lipinski definition) is 3. The molecule has 2 aliphatic rings. The fourth-order valence-corrected chi connectivity index (χ4v) is 2.37. The first kappa shape index (κ1) is 10.7. The lowest BCUT2D eigenvalue weighted by molar-refractivity contribution is 0.0151. The number of carbonyl (C=O) groups is 1.